The van der Waals surface area contributed by atoms with E-state index in [-0.39, 0.29) is 0 Å². The summed E-state index contributed by atoms with van der Waals surface area (Å²) in [5, 5.41) is 10.4. The van der Waals surface area contributed by atoms with Crippen molar-refractivity contribution in [2.75, 3.05) is 0 Å². The predicted molar refractivity (Wildman–Crippen MR) is 30.9 cm³/mol. The van der Waals surface area contributed by atoms with Crippen molar-refractivity contribution in [1.29, 1.82) is 5.26 Å². The highest BCUT2D eigenvalue weighted by molar-refractivity contribution is 5.23. The second-order valence-electron chi connectivity index (χ2n) is 1.69. The number of hydrogen-bond donors (Lipinski definition) is 1. The van der Waals surface area contributed by atoms with Gasteiger partial charge in [-0.3, -0.25) is 0 Å². The van der Waals surface area contributed by atoms with Gasteiger partial charge in [0.05, 0.1) is 0 Å². The quantitative estimate of drug-likeness (QED) is 0.486. The van der Waals surface area contributed by atoms with Crippen molar-refractivity contribution in [3.63, 3.8) is 0 Å². The van der Waals surface area contributed by atoms with Gasteiger partial charge in [-0.25, -0.2) is 0 Å². The van der Waals surface area contributed by atoms with E-state index in [2.05, 4.69) is 5.32 Å². The SMILES string of the molecule is N#CC1(F)C=CC=CN1. The number of allylic oxidation sites excluding steroid dienone is 2. The van der Waals surface area contributed by atoms with Gasteiger partial charge in [-0.1, -0.05) is 6.08 Å². The van der Waals surface area contributed by atoms with Crippen LogP contribution >= 0.6 is 0 Å². The summed E-state index contributed by atoms with van der Waals surface area (Å²) in [6.45, 7) is 0. The van der Waals surface area contributed by atoms with Crippen molar-refractivity contribution >= 4 is 0 Å². The average Bonchev–Trinajstić information content (AvgIpc) is 1.90. The Morgan fingerprint density at radius 2 is 2.33 bits per heavy atom. The number of hydrogen-bond acceptors (Lipinski definition) is 2. The lowest BCUT2D eigenvalue weighted by Gasteiger charge is -2.14. The van der Waals surface area contributed by atoms with Crippen molar-refractivity contribution in [3.05, 3.63) is 24.4 Å². The molecule has 0 fully saturated rings. The molecule has 0 aromatic heterocycles. The van der Waals surface area contributed by atoms with Gasteiger partial charge in [0.15, 0.2) is 0 Å². The molecule has 1 heterocycles. The van der Waals surface area contributed by atoms with Gasteiger partial charge in [-0.05, 0) is 12.2 Å². The summed E-state index contributed by atoms with van der Waals surface area (Å²) >= 11 is 0. The number of nitriles is 1. The van der Waals surface area contributed by atoms with Crippen LogP contribution in [0.15, 0.2) is 24.4 Å². The third-order valence-electron chi connectivity index (χ3n) is 0.989. The van der Waals surface area contributed by atoms with E-state index in [1.807, 2.05) is 0 Å². The largest absolute Gasteiger partial charge is 0.345 e. The van der Waals surface area contributed by atoms with E-state index in [9.17, 15) is 4.39 Å². The zero-order valence-electron chi connectivity index (χ0n) is 4.63. The molecule has 0 aliphatic carbocycles. The van der Waals surface area contributed by atoms with Crippen LogP contribution in [0, 0.1) is 11.3 Å². The molecule has 2 nitrogen and oxygen atoms in total. The highest BCUT2D eigenvalue weighted by Crippen LogP contribution is 2.09. The summed E-state index contributed by atoms with van der Waals surface area (Å²) in [6.07, 6.45) is 5.66. The second-order valence-corrected chi connectivity index (χ2v) is 1.69. The summed E-state index contributed by atoms with van der Waals surface area (Å²) in [5.74, 6) is -1.99. The predicted octanol–water partition coefficient (Wildman–Crippen LogP) is 0.849. The number of nitrogens with zero attached hydrogens (tertiary/aromatic N) is 1. The van der Waals surface area contributed by atoms with E-state index >= 15 is 0 Å². The second kappa shape index (κ2) is 1.90. The normalized spacial score (nSPS) is 31.1. The Morgan fingerprint density at radius 1 is 1.56 bits per heavy atom. The Hall–Kier alpha value is -1.30. The first-order valence-electron chi connectivity index (χ1n) is 2.49. The molecule has 3 heteroatoms. The van der Waals surface area contributed by atoms with Crippen LogP contribution in [0.25, 0.3) is 0 Å². The van der Waals surface area contributed by atoms with Gasteiger partial charge in [0.25, 0.3) is 5.79 Å². The van der Waals surface area contributed by atoms with Crippen molar-refractivity contribution < 1.29 is 4.39 Å². The van der Waals surface area contributed by atoms with Crippen molar-refractivity contribution in [3.8, 4) is 6.07 Å². The molecule has 0 aromatic rings. The third-order valence-corrected chi connectivity index (χ3v) is 0.989. The van der Waals surface area contributed by atoms with Gasteiger partial charge < -0.3 is 5.32 Å². The van der Waals surface area contributed by atoms with Crippen LogP contribution in [0.2, 0.25) is 0 Å². The van der Waals surface area contributed by atoms with Crippen LogP contribution in [0.4, 0.5) is 4.39 Å². The molecule has 1 rings (SSSR count). The molecule has 1 aliphatic heterocycles. The van der Waals surface area contributed by atoms with E-state index in [4.69, 9.17) is 5.26 Å². The number of dihydropyridines is 1. The van der Waals surface area contributed by atoms with E-state index in [0.717, 1.165) is 6.08 Å². The first-order valence-corrected chi connectivity index (χ1v) is 2.49. The zero-order chi connectivity index (χ0) is 6.74. The third kappa shape index (κ3) is 1.08. The van der Waals surface area contributed by atoms with E-state index in [0.29, 0.717) is 0 Å². The lowest BCUT2D eigenvalue weighted by atomic mass is 10.2. The molecule has 1 atom stereocenters. The van der Waals surface area contributed by atoms with Crippen LogP contribution in [0.1, 0.15) is 0 Å². The molecule has 0 saturated heterocycles. The lowest BCUT2D eigenvalue weighted by Crippen LogP contribution is -2.34. The fourth-order valence-electron chi connectivity index (χ4n) is 0.531. The van der Waals surface area contributed by atoms with Crippen molar-refractivity contribution in [2.24, 2.45) is 0 Å². The molecule has 0 spiro atoms. The molecule has 0 bridgehead atoms. The first-order chi connectivity index (χ1) is 4.27. The Morgan fingerprint density at radius 3 is 2.67 bits per heavy atom. The Labute approximate surface area is 52.3 Å². The van der Waals surface area contributed by atoms with Gasteiger partial charge in [-0.15, -0.1) is 0 Å². The van der Waals surface area contributed by atoms with E-state index < -0.39 is 5.79 Å². The molecular formula is C6H5FN2. The van der Waals surface area contributed by atoms with Crippen molar-refractivity contribution in [1.82, 2.24) is 5.32 Å². The lowest BCUT2D eigenvalue weighted by molar-refractivity contribution is 0.273. The molecule has 9 heavy (non-hydrogen) atoms. The maximum absolute atomic E-state index is 12.7. The standard InChI is InChI=1S/C6H5FN2/c7-6(5-8)3-1-2-4-9-6/h1-4,9H. The minimum Gasteiger partial charge on any atom is -0.345 e. The Bertz CT molecular complexity index is 202. The number of nitrogens with one attached hydrogen (secondary N) is 1. The topological polar surface area (TPSA) is 35.8 Å². The van der Waals surface area contributed by atoms with Gasteiger partial charge in [0.2, 0.25) is 0 Å². The summed E-state index contributed by atoms with van der Waals surface area (Å²) in [5.41, 5.74) is 0. The van der Waals surface area contributed by atoms with Gasteiger partial charge in [-0.2, -0.15) is 9.65 Å². The molecule has 1 unspecified atom stereocenters. The minimum absolute atomic E-state index is 1.16. The number of halogens is 1. The van der Waals surface area contributed by atoms with Crippen LogP contribution < -0.4 is 5.32 Å². The average molecular weight is 124 g/mol. The highest BCUT2D eigenvalue weighted by Gasteiger charge is 2.23. The first kappa shape index (κ1) is 5.83. The highest BCUT2D eigenvalue weighted by atomic mass is 19.1. The molecule has 0 radical (unpaired) electrons. The molecular weight excluding hydrogens is 119 g/mol. The van der Waals surface area contributed by atoms with Crippen LogP contribution in [-0.4, -0.2) is 5.79 Å². The fraction of sp³-hybridized carbons (Fsp3) is 0.167. The maximum atomic E-state index is 12.7. The summed E-state index contributed by atoms with van der Waals surface area (Å²) in [7, 11) is 0. The summed E-state index contributed by atoms with van der Waals surface area (Å²) < 4.78 is 12.7. The molecule has 46 valence electrons. The van der Waals surface area contributed by atoms with Crippen molar-refractivity contribution in [2.45, 2.75) is 5.79 Å². The molecule has 0 saturated carbocycles. The van der Waals surface area contributed by atoms with E-state index in [1.54, 1.807) is 6.08 Å². The molecule has 0 amide bonds. The number of rotatable bonds is 0. The Balaban J connectivity index is 2.77. The summed E-state index contributed by atoms with van der Waals surface area (Å²) in [4.78, 5) is 0. The Kier molecular flexibility index (Phi) is 1.23. The molecule has 0 aromatic carbocycles. The van der Waals surface area contributed by atoms with Crippen LogP contribution in [0.3, 0.4) is 0 Å². The zero-order valence-corrected chi connectivity index (χ0v) is 4.63. The number of alkyl halides is 1. The van der Waals surface area contributed by atoms with Gasteiger partial charge >= 0.3 is 0 Å². The van der Waals surface area contributed by atoms with Gasteiger partial charge in [0, 0.05) is 6.20 Å². The van der Waals surface area contributed by atoms with Crippen LogP contribution in [0.5, 0.6) is 0 Å². The smallest absolute Gasteiger partial charge is 0.286 e. The fourth-order valence-corrected chi connectivity index (χ4v) is 0.531. The summed E-state index contributed by atoms with van der Waals surface area (Å²) in [6, 6.07) is 1.46. The van der Waals surface area contributed by atoms with Crippen LogP contribution in [-0.2, 0) is 0 Å². The monoisotopic (exact) mass is 124 g/mol. The molecule has 1 N–H and O–H groups in total. The minimum atomic E-state index is -1.99. The maximum Gasteiger partial charge on any atom is 0.286 e. The van der Waals surface area contributed by atoms with Gasteiger partial charge in [0.1, 0.15) is 6.07 Å². The van der Waals surface area contributed by atoms with E-state index in [1.165, 1.54) is 18.3 Å². The molecule has 1 aliphatic rings.